The first-order valence-corrected chi connectivity index (χ1v) is 12.5. The van der Waals surface area contributed by atoms with E-state index < -0.39 is 5.41 Å². The molecule has 3 N–H and O–H groups in total. The van der Waals surface area contributed by atoms with E-state index in [1.165, 1.54) is 49.0 Å². The monoisotopic (exact) mass is 471 g/mol. The number of nitrogens with zero attached hydrogens (tertiary/aromatic N) is 3. The van der Waals surface area contributed by atoms with Gasteiger partial charge >= 0.3 is 0 Å². The van der Waals surface area contributed by atoms with Crippen LogP contribution in [0, 0.1) is 0 Å². The average molecular weight is 472 g/mol. The van der Waals surface area contributed by atoms with E-state index in [9.17, 15) is 9.90 Å². The fourth-order valence-electron chi connectivity index (χ4n) is 5.06. The van der Waals surface area contributed by atoms with Crippen molar-refractivity contribution in [1.29, 1.82) is 0 Å². The largest absolute Gasteiger partial charge is 0.508 e. The highest BCUT2D eigenvalue weighted by atomic mass is 16.3. The molecule has 0 atom stereocenters. The van der Waals surface area contributed by atoms with Gasteiger partial charge in [0.25, 0.3) is 0 Å². The van der Waals surface area contributed by atoms with Crippen LogP contribution in [-0.4, -0.2) is 39.0 Å². The number of hydrogen-bond donors (Lipinski definition) is 3. The molecule has 0 bridgehead atoms. The lowest BCUT2D eigenvalue weighted by Gasteiger charge is -2.15. The number of phenolic OH excluding ortho intramolecular Hbond substituents is 1. The standard InChI is InChI=1S/C19H23N5O.C9H10O/c1-19(2)15-11-20-18(23-16(15)22-17(19)25)21-14-7-5-6-13(10-14)12-24-8-3-4-9-24;10-9-6-2-4-7-3-1-5-8(7)9/h5-7,10-11H,3-4,8-9,12H2,1-2H3,(H2,20,21,22,23,25);2,4,6,10H,1,3,5H2. The van der Waals surface area contributed by atoms with E-state index in [0.717, 1.165) is 30.6 Å². The number of rotatable bonds is 4. The van der Waals surface area contributed by atoms with Gasteiger partial charge in [-0.05, 0) is 93.9 Å². The number of hydrogen-bond acceptors (Lipinski definition) is 6. The Hall–Kier alpha value is -3.45. The Morgan fingerprint density at radius 2 is 1.89 bits per heavy atom. The Labute approximate surface area is 206 Å². The third kappa shape index (κ3) is 5.00. The molecule has 0 saturated carbocycles. The number of phenols is 1. The van der Waals surface area contributed by atoms with Crippen LogP contribution in [0.2, 0.25) is 0 Å². The molecule has 35 heavy (non-hydrogen) atoms. The zero-order valence-electron chi connectivity index (χ0n) is 20.5. The minimum atomic E-state index is -0.580. The van der Waals surface area contributed by atoms with Crippen LogP contribution in [0.4, 0.5) is 17.5 Å². The number of aromatic nitrogens is 2. The molecule has 7 heteroatoms. The summed E-state index contributed by atoms with van der Waals surface area (Å²) in [6.45, 7) is 7.10. The number of aromatic hydroxyl groups is 1. The highest BCUT2D eigenvalue weighted by Crippen LogP contribution is 2.36. The number of fused-ring (bicyclic) bond motifs is 2. The van der Waals surface area contributed by atoms with Crippen molar-refractivity contribution in [3.05, 3.63) is 70.9 Å². The maximum absolute atomic E-state index is 12.0. The van der Waals surface area contributed by atoms with Crippen LogP contribution in [0.3, 0.4) is 0 Å². The minimum Gasteiger partial charge on any atom is -0.508 e. The molecule has 1 aromatic heterocycles. The fraction of sp³-hybridized carbons (Fsp3) is 0.393. The highest BCUT2D eigenvalue weighted by molar-refractivity contribution is 6.04. The minimum absolute atomic E-state index is 0.0402. The number of likely N-dealkylation sites (tertiary alicyclic amines) is 1. The molecule has 3 heterocycles. The van der Waals surface area contributed by atoms with Crippen LogP contribution in [0.25, 0.3) is 0 Å². The third-order valence-electron chi connectivity index (χ3n) is 7.17. The number of benzene rings is 2. The lowest BCUT2D eigenvalue weighted by molar-refractivity contribution is -0.119. The van der Waals surface area contributed by atoms with E-state index >= 15 is 0 Å². The summed E-state index contributed by atoms with van der Waals surface area (Å²) in [4.78, 5) is 23.3. The number of amides is 1. The van der Waals surface area contributed by atoms with E-state index in [0.29, 0.717) is 17.5 Å². The molecule has 3 aliphatic rings. The first kappa shape index (κ1) is 23.3. The SMILES string of the molecule is CC1(C)C(=O)Nc2nc(Nc3cccc(CN4CCCC4)c3)ncc21.Oc1cccc2c1CCC2. The van der Waals surface area contributed by atoms with E-state index in [-0.39, 0.29) is 5.91 Å². The number of nitrogens with one attached hydrogen (secondary N) is 2. The molecule has 1 fully saturated rings. The number of carbonyl (C=O) groups excluding carboxylic acids is 1. The van der Waals surface area contributed by atoms with Crippen molar-refractivity contribution in [2.24, 2.45) is 0 Å². The summed E-state index contributed by atoms with van der Waals surface area (Å²) in [6, 6.07) is 14.1. The zero-order chi connectivity index (χ0) is 24.4. The van der Waals surface area contributed by atoms with Gasteiger partial charge in [-0.25, -0.2) is 4.98 Å². The van der Waals surface area contributed by atoms with Gasteiger partial charge in [-0.1, -0.05) is 24.3 Å². The molecule has 7 nitrogen and oxygen atoms in total. The van der Waals surface area contributed by atoms with Crippen LogP contribution < -0.4 is 10.6 Å². The molecule has 2 aromatic carbocycles. The second kappa shape index (κ2) is 9.66. The first-order chi connectivity index (χ1) is 16.9. The Balaban J connectivity index is 0.000000211. The molecule has 1 amide bonds. The second-order valence-corrected chi connectivity index (χ2v) is 10.1. The lowest BCUT2D eigenvalue weighted by Crippen LogP contribution is -2.26. The third-order valence-corrected chi connectivity index (χ3v) is 7.17. The first-order valence-electron chi connectivity index (χ1n) is 12.5. The van der Waals surface area contributed by atoms with Gasteiger partial charge in [0.05, 0.1) is 5.41 Å². The summed E-state index contributed by atoms with van der Waals surface area (Å²) in [5.41, 5.74) is 5.00. The van der Waals surface area contributed by atoms with Crippen molar-refractivity contribution in [3.63, 3.8) is 0 Å². The van der Waals surface area contributed by atoms with Gasteiger partial charge in [-0.15, -0.1) is 0 Å². The van der Waals surface area contributed by atoms with Gasteiger partial charge in [0.1, 0.15) is 11.6 Å². The van der Waals surface area contributed by atoms with Gasteiger partial charge in [-0.2, -0.15) is 4.98 Å². The van der Waals surface area contributed by atoms with Crippen molar-refractivity contribution >= 4 is 23.4 Å². The lowest BCUT2D eigenvalue weighted by atomic mass is 9.88. The molecule has 6 rings (SSSR count). The normalized spacial score (nSPS) is 17.8. The van der Waals surface area contributed by atoms with Crippen molar-refractivity contribution in [1.82, 2.24) is 14.9 Å². The maximum Gasteiger partial charge on any atom is 0.235 e. The molecule has 1 aliphatic carbocycles. The fourth-order valence-corrected chi connectivity index (χ4v) is 5.06. The Morgan fingerprint density at radius 3 is 2.69 bits per heavy atom. The second-order valence-electron chi connectivity index (χ2n) is 10.1. The van der Waals surface area contributed by atoms with E-state index in [2.05, 4.69) is 43.7 Å². The molecule has 182 valence electrons. The van der Waals surface area contributed by atoms with Gasteiger partial charge in [0, 0.05) is 24.0 Å². The van der Waals surface area contributed by atoms with Gasteiger partial charge < -0.3 is 15.7 Å². The molecular weight excluding hydrogens is 438 g/mol. The Morgan fingerprint density at radius 1 is 1.09 bits per heavy atom. The van der Waals surface area contributed by atoms with Gasteiger partial charge in [-0.3, -0.25) is 9.69 Å². The number of anilines is 3. The molecule has 0 spiro atoms. The topological polar surface area (TPSA) is 90.4 Å². The summed E-state index contributed by atoms with van der Waals surface area (Å²) in [5, 5.41) is 15.4. The average Bonchev–Trinajstić information content (AvgIpc) is 3.56. The highest BCUT2D eigenvalue weighted by Gasteiger charge is 2.39. The summed E-state index contributed by atoms with van der Waals surface area (Å²) in [7, 11) is 0. The van der Waals surface area contributed by atoms with Crippen molar-refractivity contribution in [2.75, 3.05) is 23.7 Å². The zero-order valence-corrected chi connectivity index (χ0v) is 20.5. The summed E-state index contributed by atoms with van der Waals surface area (Å²) in [5.74, 6) is 1.53. The predicted octanol–water partition coefficient (Wildman–Crippen LogP) is 4.93. The van der Waals surface area contributed by atoms with Crippen LogP contribution >= 0.6 is 0 Å². The van der Waals surface area contributed by atoms with Crippen LogP contribution in [0.15, 0.2) is 48.7 Å². The molecule has 1 saturated heterocycles. The summed E-state index contributed by atoms with van der Waals surface area (Å²) >= 11 is 0. The number of aryl methyl sites for hydroxylation is 1. The molecular formula is C28H33N5O2. The van der Waals surface area contributed by atoms with E-state index in [4.69, 9.17) is 0 Å². The predicted molar refractivity (Wildman–Crippen MR) is 138 cm³/mol. The Bertz CT molecular complexity index is 1230. The maximum atomic E-state index is 12.0. The quantitative estimate of drug-likeness (QED) is 0.500. The van der Waals surface area contributed by atoms with Crippen molar-refractivity contribution < 1.29 is 9.90 Å². The molecule has 0 unspecified atom stereocenters. The summed E-state index contributed by atoms with van der Waals surface area (Å²) < 4.78 is 0. The van der Waals surface area contributed by atoms with Crippen LogP contribution in [-0.2, 0) is 29.6 Å². The molecule has 0 radical (unpaired) electrons. The van der Waals surface area contributed by atoms with Crippen molar-refractivity contribution in [3.8, 4) is 5.75 Å². The Kier molecular flexibility index (Phi) is 6.43. The van der Waals surface area contributed by atoms with Crippen LogP contribution in [0.5, 0.6) is 5.75 Å². The van der Waals surface area contributed by atoms with Gasteiger partial charge in [0.15, 0.2) is 0 Å². The summed E-state index contributed by atoms with van der Waals surface area (Å²) in [6.07, 6.45) is 7.72. The van der Waals surface area contributed by atoms with E-state index in [1.807, 2.05) is 32.0 Å². The van der Waals surface area contributed by atoms with E-state index in [1.54, 1.807) is 12.3 Å². The van der Waals surface area contributed by atoms with Gasteiger partial charge in [0.2, 0.25) is 11.9 Å². The smallest absolute Gasteiger partial charge is 0.235 e. The molecule has 3 aromatic rings. The molecule has 2 aliphatic heterocycles. The number of carbonyl (C=O) groups is 1. The van der Waals surface area contributed by atoms with Crippen molar-refractivity contribution in [2.45, 2.75) is 57.9 Å². The van der Waals surface area contributed by atoms with Crippen LogP contribution in [0.1, 0.15) is 55.4 Å².